The minimum absolute atomic E-state index is 0. The van der Waals surface area contributed by atoms with Crippen molar-refractivity contribution in [1.82, 2.24) is 0 Å². The van der Waals surface area contributed by atoms with Crippen LogP contribution in [0.2, 0.25) is 0 Å². The summed E-state index contributed by atoms with van der Waals surface area (Å²) in [7, 11) is 0. The van der Waals surface area contributed by atoms with Crippen molar-refractivity contribution in [2.24, 2.45) is 0 Å². The quantitative estimate of drug-likeness (QED) is 0.223. The monoisotopic (exact) mass is 490 g/mol. The van der Waals surface area contributed by atoms with E-state index >= 15 is 0 Å². The first kappa shape index (κ1) is 31.6. The molecular weight excluding hydrogens is 444 g/mol. The average molecular weight is 491 g/mol. The summed E-state index contributed by atoms with van der Waals surface area (Å²) in [5, 5.41) is 22.8. The fraction of sp³-hybridized carbons (Fsp3) is 0.600. The van der Waals surface area contributed by atoms with Crippen LogP contribution in [0.25, 0.3) is 0 Å². The minimum Gasteiger partial charge on any atom is -0.872 e. The van der Waals surface area contributed by atoms with Crippen LogP contribution in [-0.4, -0.2) is 0 Å². The van der Waals surface area contributed by atoms with Gasteiger partial charge in [-0.2, -0.15) is 0 Å². The van der Waals surface area contributed by atoms with Crippen molar-refractivity contribution >= 4 is 0 Å². The molecule has 0 aliphatic heterocycles. The summed E-state index contributed by atoms with van der Waals surface area (Å²) in [6.07, 6.45) is 20.2. The molecule has 0 aliphatic carbocycles. The van der Waals surface area contributed by atoms with Gasteiger partial charge in [0, 0.05) is 0 Å². The Morgan fingerprint density at radius 2 is 0.758 bits per heavy atom. The molecule has 0 aromatic heterocycles. The number of para-hydroxylation sites is 2. The van der Waals surface area contributed by atoms with E-state index in [1.807, 2.05) is 36.4 Å². The van der Waals surface area contributed by atoms with Crippen LogP contribution in [0.5, 0.6) is 11.5 Å². The fourth-order valence-electron chi connectivity index (χ4n) is 3.97. The molecule has 3 heteroatoms. The third-order valence-electron chi connectivity index (χ3n) is 6.04. The van der Waals surface area contributed by atoms with Crippen LogP contribution in [0.1, 0.15) is 115 Å². The first-order valence-corrected chi connectivity index (χ1v) is 13.2. The maximum absolute atomic E-state index is 11.4. The summed E-state index contributed by atoms with van der Waals surface area (Å²) in [6, 6.07) is 14.8. The van der Waals surface area contributed by atoms with Crippen LogP contribution in [0.3, 0.4) is 0 Å². The molecule has 2 aromatic carbocycles. The van der Waals surface area contributed by atoms with E-state index in [4.69, 9.17) is 0 Å². The zero-order valence-electron chi connectivity index (χ0n) is 21.2. The van der Waals surface area contributed by atoms with Gasteiger partial charge in [0.1, 0.15) is 0 Å². The smallest absolute Gasteiger partial charge is 0.872 e. The molecule has 0 unspecified atom stereocenters. The maximum atomic E-state index is 11.4. The Balaban J connectivity index is 0.000000602. The summed E-state index contributed by atoms with van der Waals surface area (Å²) in [5.41, 5.74) is 1.96. The molecular formula is C30H46CrO2. The number of unbranched alkanes of at least 4 members (excludes halogenated alkanes) is 12. The molecule has 2 aromatic rings. The number of rotatable bonds is 16. The van der Waals surface area contributed by atoms with Crippen LogP contribution in [0, 0.1) is 0 Å². The van der Waals surface area contributed by atoms with Gasteiger partial charge in [0.15, 0.2) is 0 Å². The van der Waals surface area contributed by atoms with E-state index in [0.29, 0.717) is 0 Å². The SMILES string of the molecule is CCCCCCCCCc1ccccc1[O-].CCCCCCCCCc1ccccc1[O-].[Cr+2]. The molecule has 0 saturated heterocycles. The standard InChI is InChI=1S/2C15H24O.Cr/c2*1-2-3-4-5-6-7-8-11-14-12-9-10-13-15(14)16;/h2*9-10,12-13,16H,2-8,11H2,1H3;/q;;+2/p-2. The second kappa shape index (κ2) is 22.4. The van der Waals surface area contributed by atoms with Crippen LogP contribution in [0.4, 0.5) is 0 Å². The molecule has 2 nitrogen and oxygen atoms in total. The van der Waals surface area contributed by atoms with Crippen molar-refractivity contribution in [3.05, 3.63) is 59.7 Å². The molecule has 0 bridgehead atoms. The normalized spacial score (nSPS) is 10.2. The largest absolute Gasteiger partial charge is 2.00 e. The topological polar surface area (TPSA) is 46.1 Å². The number of hydrogen-bond acceptors (Lipinski definition) is 2. The first-order valence-electron chi connectivity index (χ1n) is 13.2. The van der Waals surface area contributed by atoms with Gasteiger partial charge in [-0.15, -0.1) is 11.5 Å². The third kappa shape index (κ3) is 16.8. The Bertz CT molecular complexity index is 627. The molecule has 33 heavy (non-hydrogen) atoms. The molecule has 184 valence electrons. The first-order chi connectivity index (χ1) is 15.7. The Morgan fingerprint density at radius 3 is 1.09 bits per heavy atom. The second-order valence-electron chi connectivity index (χ2n) is 8.96. The molecule has 0 radical (unpaired) electrons. The molecule has 0 saturated carbocycles. The molecule has 0 spiro atoms. The van der Waals surface area contributed by atoms with Gasteiger partial charge >= 0.3 is 17.4 Å². The Hall–Kier alpha value is -1.43. The molecule has 0 atom stereocenters. The average Bonchev–Trinajstić information content (AvgIpc) is 2.80. The van der Waals surface area contributed by atoms with Gasteiger partial charge in [-0.3, -0.25) is 0 Å². The van der Waals surface area contributed by atoms with E-state index in [1.165, 1.54) is 77.0 Å². The number of hydrogen-bond donors (Lipinski definition) is 0. The van der Waals surface area contributed by atoms with E-state index in [0.717, 1.165) is 36.8 Å². The minimum atomic E-state index is 0. The summed E-state index contributed by atoms with van der Waals surface area (Å²) >= 11 is 0. The molecule has 0 fully saturated rings. The van der Waals surface area contributed by atoms with Crippen molar-refractivity contribution < 1.29 is 27.6 Å². The predicted molar refractivity (Wildman–Crippen MR) is 135 cm³/mol. The van der Waals surface area contributed by atoms with Crippen molar-refractivity contribution in [3.63, 3.8) is 0 Å². The second-order valence-corrected chi connectivity index (χ2v) is 8.96. The Labute approximate surface area is 215 Å². The summed E-state index contributed by atoms with van der Waals surface area (Å²) in [6.45, 7) is 4.48. The van der Waals surface area contributed by atoms with E-state index < -0.39 is 0 Å². The summed E-state index contributed by atoms with van der Waals surface area (Å²) in [5.74, 6) is 0.405. The Kier molecular flexibility index (Phi) is 21.4. The fourth-order valence-corrected chi connectivity index (χ4v) is 3.97. The molecule has 0 N–H and O–H groups in total. The van der Waals surface area contributed by atoms with E-state index in [1.54, 1.807) is 12.1 Å². The molecule has 0 heterocycles. The van der Waals surface area contributed by atoms with E-state index in [2.05, 4.69) is 13.8 Å². The van der Waals surface area contributed by atoms with Crippen molar-refractivity contribution in [1.29, 1.82) is 0 Å². The van der Waals surface area contributed by atoms with Crippen LogP contribution >= 0.6 is 0 Å². The van der Waals surface area contributed by atoms with E-state index in [-0.39, 0.29) is 28.9 Å². The van der Waals surface area contributed by atoms with Gasteiger partial charge in [-0.1, -0.05) is 151 Å². The van der Waals surface area contributed by atoms with Gasteiger partial charge in [0.25, 0.3) is 0 Å². The van der Waals surface area contributed by atoms with Crippen LogP contribution in [-0.2, 0) is 30.2 Å². The van der Waals surface area contributed by atoms with Crippen molar-refractivity contribution in [3.8, 4) is 11.5 Å². The molecule has 2 rings (SSSR count). The van der Waals surface area contributed by atoms with Gasteiger partial charge in [-0.25, -0.2) is 0 Å². The molecule has 0 aliphatic rings. The predicted octanol–water partition coefficient (Wildman–Crippen LogP) is 8.10. The third-order valence-corrected chi connectivity index (χ3v) is 6.04. The van der Waals surface area contributed by atoms with Gasteiger partial charge in [-0.05, 0) is 25.7 Å². The Morgan fingerprint density at radius 1 is 0.455 bits per heavy atom. The van der Waals surface area contributed by atoms with Gasteiger partial charge in [0.2, 0.25) is 0 Å². The summed E-state index contributed by atoms with van der Waals surface area (Å²) < 4.78 is 0. The summed E-state index contributed by atoms with van der Waals surface area (Å²) in [4.78, 5) is 0. The van der Waals surface area contributed by atoms with Crippen molar-refractivity contribution in [2.75, 3.05) is 0 Å². The zero-order valence-corrected chi connectivity index (χ0v) is 22.4. The zero-order chi connectivity index (χ0) is 23.3. The molecule has 0 amide bonds. The number of aryl methyl sites for hydroxylation is 2. The maximum Gasteiger partial charge on any atom is 2.00 e. The van der Waals surface area contributed by atoms with Crippen molar-refractivity contribution in [2.45, 2.75) is 117 Å². The van der Waals surface area contributed by atoms with Crippen LogP contribution < -0.4 is 10.2 Å². The van der Waals surface area contributed by atoms with E-state index in [9.17, 15) is 10.2 Å². The van der Waals surface area contributed by atoms with Crippen LogP contribution in [0.15, 0.2) is 48.5 Å². The van der Waals surface area contributed by atoms with Gasteiger partial charge < -0.3 is 10.2 Å². The van der Waals surface area contributed by atoms with Gasteiger partial charge in [0.05, 0.1) is 0 Å². The number of benzene rings is 2.